The lowest BCUT2D eigenvalue weighted by molar-refractivity contribution is -0.122. The molecule has 0 radical (unpaired) electrons. The molecule has 6 heteroatoms. The van der Waals surface area contributed by atoms with Gasteiger partial charge >= 0.3 is 0 Å². The molecule has 3 rings (SSSR count). The molecule has 2 aromatic rings. The van der Waals surface area contributed by atoms with Crippen molar-refractivity contribution in [2.24, 2.45) is 0 Å². The Labute approximate surface area is 132 Å². The number of nitrogens with zero attached hydrogens (tertiary/aromatic N) is 1. The minimum Gasteiger partial charge on any atom is -0.472 e. The summed E-state index contributed by atoms with van der Waals surface area (Å²) in [6, 6.07) is 8.98. The molecule has 2 heterocycles. The fraction of sp³-hybridized carbons (Fsp3) is 0.0625. The number of furan rings is 1. The van der Waals surface area contributed by atoms with Crippen LogP contribution in [0.15, 0.2) is 52.8 Å². The standard InChI is InChI=1S/C16H12N2O3S/c1-10-2-4-12(5-3-10)18-15(20)13(14(19)17-16(18)22)8-11-6-7-21-9-11/h2-9H,1H3,(H,17,19,22)/b13-8+. The van der Waals surface area contributed by atoms with Crippen LogP contribution in [0.3, 0.4) is 0 Å². The van der Waals surface area contributed by atoms with Crippen LogP contribution in [0.2, 0.25) is 0 Å². The first-order valence-electron chi connectivity index (χ1n) is 6.56. The molecular weight excluding hydrogens is 300 g/mol. The number of anilines is 1. The van der Waals surface area contributed by atoms with Crippen LogP contribution >= 0.6 is 12.2 Å². The molecule has 1 aromatic carbocycles. The maximum Gasteiger partial charge on any atom is 0.270 e. The average Bonchev–Trinajstić information content (AvgIpc) is 2.98. The molecule has 0 bridgehead atoms. The van der Waals surface area contributed by atoms with Crippen LogP contribution in [0.25, 0.3) is 6.08 Å². The van der Waals surface area contributed by atoms with Crippen LogP contribution in [0.5, 0.6) is 0 Å². The minimum atomic E-state index is -0.514. The summed E-state index contributed by atoms with van der Waals surface area (Å²) in [6.07, 6.45) is 4.40. The Balaban J connectivity index is 2.01. The third kappa shape index (κ3) is 2.56. The molecule has 1 aromatic heterocycles. The molecule has 0 unspecified atom stereocenters. The molecule has 1 aliphatic heterocycles. The number of hydrogen-bond donors (Lipinski definition) is 1. The monoisotopic (exact) mass is 312 g/mol. The topological polar surface area (TPSA) is 62.6 Å². The molecule has 2 amide bonds. The Morgan fingerprint density at radius 2 is 1.91 bits per heavy atom. The Morgan fingerprint density at radius 1 is 1.18 bits per heavy atom. The number of carbonyl (C=O) groups is 2. The number of rotatable bonds is 2. The summed E-state index contributed by atoms with van der Waals surface area (Å²) in [4.78, 5) is 26.0. The largest absolute Gasteiger partial charge is 0.472 e. The highest BCUT2D eigenvalue weighted by molar-refractivity contribution is 7.80. The third-order valence-electron chi connectivity index (χ3n) is 3.25. The summed E-state index contributed by atoms with van der Waals surface area (Å²) in [6.45, 7) is 1.95. The fourth-order valence-corrected chi connectivity index (χ4v) is 2.39. The predicted octanol–water partition coefficient (Wildman–Crippen LogP) is 2.42. The molecule has 0 spiro atoms. The highest BCUT2D eigenvalue weighted by Gasteiger charge is 2.34. The first-order valence-corrected chi connectivity index (χ1v) is 6.97. The van der Waals surface area contributed by atoms with Crippen molar-refractivity contribution in [2.45, 2.75) is 6.92 Å². The second-order valence-corrected chi connectivity index (χ2v) is 5.24. The molecular formula is C16H12N2O3S. The molecule has 0 atom stereocenters. The number of thiocarbonyl (C=S) groups is 1. The number of benzene rings is 1. The van der Waals surface area contributed by atoms with Gasteiger partial charge in [0.1, 0.15) is 5.57 Å². The van der Waals surface area contributed by atoms with Crippen LogP contribution in [0.4, 0.5) is 5.69 Å². The maximum absolute atomic E-state index is 12.6. The summed E-state index contributed by atoms with van der Waals surface area (Å²) in [5.74, 6) is -0.974. The Kier molecular flexibility index (Phi) is 3.60. The number of hydrogen-bond acceptors (Lipinski definition) is 4. The number of carbonyl (C=O) groups excluding carboxylic acids is 2. The highest BCUT2D eigenvalue weighted by Crippen LogP contribution is 2.22. The second kappa shape index (κ2) is 5.57. The highest BCUT2D eigenvalue weighted by atomic mass is 32.1. The number of aryl methyl sites for hydroxylation is 1. The van der Waals surface area contributed by atoms with Crippen molar-refractivity contribution in [3.8, 4) is 0 Å². The van der Waals surface area contributed by atoms with E-state index in [0.29, 0.717) is 11.3 Å². The van der Waals surface area contributed by atoms with E-state index in [-0.39, 0.29) is 10.7 Å². The van der Waals surface area contributed by atoms with Crippen molar-refractivity contribution >= 4 is 40.9 Å². The van der Waals surface area contributed by atoms with E-state index in [2.05, 4.69) is 5.32 Å². The molecule has 22 heavy (non-hydrogen) atoms. The summed E-state index contributed by atoms with van der Waals surface area (Å²) >= 11 is 5.12. The average molecular weight is 312 g/mol. The van der Waals surface area contributed by atoms with Gasteiger partial charge in [0.2, 0.25) is 0 Å². The van der Waals surface area contributed by atoms with Gasteiger partial charge in [-0.05, 0) is 43.4 Å². The van der Waals surface area contributed by atoms with Gasteiger partial charge in [-0.15, -0.1) is 0 Å². The SMILES string of the molecule is Cc1ccc(N2C(=O)/C(=C/c3ccoc3)C(=O)NC2=S)cc1. The molecule has 0 aliphatic carbocycles. The van der Waals surface area contributed by atoms with Crippen LogP contribution in [-0.4, -0.2) is 16.9 Å². The predicted molar refractivity (Wildman–Crippen MR) is 86.1 cm³/mol. The van der Waals surface area contributed by atoms with E-state index < -0.39 is 11.8 Å². The van der Waals surface area contributed by atoms with Crippen molar-refractivity contribution in [1.29, 1.82) is 0 Å². The first-order chi connectivity index (χ1) is 10.6. The van der Waals surface area contributed by atoms with Crippen LogP contribution in [0.1, 0.15) is 11.1 Å². The summed E-state index contributed by atoms with van der Waals surface area (Å²) in [7, 11) is 0. The zero-order chi connectivity index (χ0) is 15.7. The zero-order valence-electron chi connectivity index (χ0n) is 11.7. The summed E-state index contributed by atoms with van der Waals surface area (Å²) < 4.78 is 4.95. The van der Waals surface area contributed by atoms with Crippen molar-refractivity contribution in [3.63, 3.8) is 0 Å². The Hall–Kier alpha value is -2.73. The quantitative estimate of drug-likeness (QED) is 0.525. The van der Waals surface area contributed by atoms with Gasteiger partial charge in [0.15, 0.2) is 5.11 Å². The normalized spacial score (nSPS) is 17.0. The van der Waals surface area contributed by atoms with Crippen molar-refractivity contribution in [2.75, 3.05) is 4.90 Å². The van der Waals surface area contributed by atoms with E-state index in [1.54, 1.807) is 18.2 Å². The van der Waals surface area contributed by atoms with E-state index >= 15 is 0 Å². The second-order valence-electron chi connectivity index (χ2n) is 4.85. The van der Waals surface area contributed by atoms with Crippen molar-refractivity contribution in [1.82, 2.24) is 5.32 Å². The van der Waals surface area contributed by atoms with Gasteiger partial charge < -0.3 is 4.42 Å². The van der Waals surface area contributed by atoms with Crippen molar-refractivity contribution in [3.05, 3.63) is 59.6 Å². The van der Waals surface area contributed by atoms with Crippen LogP contribution < -0.4 is 10.2 Å². The fourth-order valence-electron chi connectivity index (χ4n) is 2.11. The summed E-state index contributed by atoms with van der Waals surface area (Å²) in [5.41, 5.74) is 2.32. The van der Waals surface area contributed by atoms with E-state index in [1.807, 2.05) is 19.1 Å². The summed E-state index contributed by atoms with van der Waals surface area (Å²) in [5, 5.41) is 2.61. The lowest BCUT2D eigenvalue weighted by Crippen LogP contribution is -2.54. The molecule has 1 N–H and O–H groups in total. The van der Waals surface area contributed by atoms with E-state index in [4.69, 9.17) is 16.6 Å². The lowest BCUT2D eigenvalue weighted by Gasteiger charge is -2.28. The number of nitrogens with one attached hydrogen (secondary N) is 1. The van der Waals surface area contributed by atoms with E-state index in [0.717, 1.165) is 5.56 Å². The van der Waals surface area contributed by atoms with Gasteiger partial charge in [0.05, 0.1) is 18.2 Å². The van der Waals surface area contributed by atoms with Gasteiger partial charge in [-0.3, -0.25) is 19.8 Å². The molecule has 110 valence electrons. The smallest absolute Gasteiger partial charge is 0.270 e. The number of amides is 2. The molecule has 0 saturated carbocycles. The van der Waals surface area contributed by atoms with Gasteiger partial charge in [0, 0.05) is 5.56 Å². The Morgan fingerprint density at radius 3 is 2.55 bits per heavy atom. The maximum atomic E-state index is 12.6. The first kappa shape index (κ1) is 14.2. The van der Waals surface area contributed by atoms with Crippen LogP contribution in [0, 0.1) is 6.92 Å². The minimum absolute atomic E-state index is 0.00979. The lowest BCUT2D eigenvalue weighted by atomic mass is 10.1. The van der Waals surface area contributed by atoms with Crippen molar-refractivity contribution < 1.29 is 14.0 Å². The third-order valence-corrected chi connectivity index (χ3v) is 3.53. The zero-order valence-corrected chi connectivity index (χ0v) is 12.5. The van der Waals surface area contributed by atoms with Gasteiger partial charge in [-0.1, -0.05) is 17.7 Å². The molecule has 1 aliphatic rings. The van der Waals surface area contributed by atoms with Gasteiger partial charge in [-0.2, -0.15) is 0 Å². The Bertz CT molecular complexity index is 776. The van der Waals surface area contributed by atoms with Gasteiger partial charge in [0.25, 0.3) is 11.8 Å². The molecule has 1 saturated heterocycles. The van der Waals surface area contributed by atoms with Crippen LogP contribution in [-0.2, 0) is 9.59 Å². The van der Waals surface area contributed by atoms with E-state index in [9.17, 15) is 9.59 Å². The van der Waals surface area contributed by atoms with Gasteiger partial charge in [-0.25, -0.2) is 0 Å². The van der Waals surface area contributed by atoms with E-state index in [1.165, 1.54) is 23.5 Å². The molecule has 5 nitrogen and oxygen atoms in total. The molecule has 1 fully saturated rings.